The zero-order valence-corrected chi connectivity index (χ0v) is 10.3. The summed E-state index contributed by atoms with van der Waals surface area (Å²) in [6.45, 7) is 2.77. The Bertz CT molecular complexity index is 391. The molecule has 0 spiro atoms. The van der Waals surface area contributed by atoms with Crippen LogP contribution < -0.4 is 4.90 Å². The van der Waals surface area contributed by atoms with E-state index in [4.69, 9.17) is 0 Å². The predicted octanol–water partition coefficient (Wildman–Crippen LogP) is -0.305. The third-order valence-electron chi connectivity index (χ3n) is 3.10. The Balaban J connectivity index is 1.90. The number of aliphatic hydroxyl groups is 1. The van der Waals surface area contributed by atoms with Crippen molar-refractivity contribution in [2.75, 3.05) is 38.2 Å². The van der Waals surface area contributed by atoms with E-state index in [1.54, 1.807) is 17.3 Å². The Hall–Kier alpha value is -1.66. The van der Waals surface area contributed by atoms with Crippen LogP contribution in [0.3, 0.4) is 0 Å². The largest absolute Gasteiger partial charge is 0.466 e. The van der Waals surface area contributed by atoms with Crippen molar-refractivity contribution in [3.63, 3.8) is 0 Å². The highest BCUT2D eigenvalue weighted by Gasteiger charge is 2.27. The number of aromatic nitrogens is 1. The molecule has 6 heteroatoms. The first-order chi connectivity index (χ1) is 8.72. The van der Waals surface area contributed by atoms with Gasteiger partial charge in [-0.15, -0.1) is 0 Å². The third-order valence-corrected chi connectivity index (χ3v) is 3.10. The summed E-state index contributed by atoms with van der Waals surface area (Å²) >= 11 is 0. The molecule has 1 N–H and O–H groups in total. The van der Waals surface area contributed by atoms with Crippen LogP contribution in [0.4, 0.5) is 5.69 Å². The molecule has 0 saturated carbocycles. The first-order valence-corrected chi connectivity index (χ1v) is 5.87. The fourth-order valence-corrected chi connectivity index (χ4v) is 2.03. The van der Waals surface area contributed by atoms with Gasteiger partial charge < -0.3 is 14.7 Å². The average molecular weight is 251 g/mol. The summed E-state index contributed by atoms with van der Waals surface area (Å²) in [5.41, 5.74) is 1.11. The minimum atomic E-state index is -1.16. The Morgan fingerprint density at radius 3 is 2.50 bits per heavy atom. The van der Waals surface area contributed by atoms with Crippen LogP contribution in [0.15, 0.2) is 24.5 Å². The van der Waals surface area contributed by atoms with E-state index in [2.05, 4.69) is 14.6 Å². The van der Waals surface area contributed by atoms with Crippen molar-refractivity contribution in [3.05, 3.63) is 24.5 Å². The zero-order valence-electron chi connectivity index (χ0n) is 10.3. The lowest BCUT2D eigenvalue weighted by Crippen LogP contribution is -2.53. The molecule has 1 aromatic heterocycles. The molecule has 1 aliphatic rings. The van der Waals surface area contributed by atoms with Gasteiger partial charge in [-0.3, -0.25) is 9.88 Å². The van der Waals surface area contributed by atoms with Gasteiger partial charge in [-0.25, -0.2) is 4.79 Å². The molecule has 1 saturated heterocycles. The number of pyridine rings is 1. The lowest BCUT2D eigenvalue weighted by Gasteiger charge is -2.37. The number of carbonyl (C=O) groups is 1. The average Bonchev–Trinajstić information content (AvgIpc) is 2.47. The molecule has 0 amide bonds. The van der Waals surface area contributed by atoms with Gasteiger partial charge in [0, 0.05) is 44.3 Å². The number of esters is 1. The number of anilines is 1. The molecule has 2 rings (SSSR count). The van der Waals surface area contributed by atoms with Crippen molar-refractivity contribution >= 4 is 11.7 Å². The van der Waals surface area contributed by atoms with E-state index >= 15 is 0 Å². The quantitative estimate of drug-likeness (QED) is 0.744. The number of rotatable bonds is 3. The van der Waals surface area contributed by atoms with E-state index in [0.29, 0.717) is 13.1 Å². The van der Waals surface area contributed by atoms with Crippen molar-refractivity contribution in [2.24, 2.45) is 0 Å². The number of ether oxygens (including phenoxy) is 1. The molecule has 0 bridgehead atoms. The van der Waals surface area contributed by atoms with Gasteiger partial charge in [0.05, 0.1) is 7.11 Å². The van der Waals surface area contributed by atoms with E-state index in [-0.39, 0.29) is 0 Å². The number of nitrogens with zero attached hydrogens (tertiary/aromatic N) is 3. The lowest BCUT2D eigenvalue weighted by molar-refractivity contribution is -0.161. The van der Waals surface area contributed by atoms with Crippen LogP contribution >= 0.6 is 0 Å². The highest BCUT2D eigenvalue weighted by Crippen LogP contribution is 2.15. The van der Waals surface area contributed by atoms with Gasteiger partial charge in [-0.2, -0.15) is 0 Å². The first-order valence-electron chi connectivity index (χ1n) is 5.87. The van der Waals surface area contributed by atoms with Crippen LogP contribution in [0.5, 0.6) is 0 Å². The Morgan fingerprint density at radius 2 is 1.94 bits per heavy atom. The molecule has 1 fully saturated rings. The Labute approximate surface area is 106 Å². The van der Waals surface area contributed by atoms with E-state index in [1.165, 1.54) is 7.11 Å². The standard InChI is InChI=1S/C12H17N3O3/c1-18-12(17)11(16)15-8-6-14(7-9-15)10-2-4-13-5-3-10/h2-5,11,16H,6-9H2,1H3. The summed E-state index contributed by atoms with van der Waals surface area (Å²) in [5.74, 6) is -0.604. The fraction of sp³-hybridized carbons (Fsp3) is 0.500. The molecule has 2 heterocycles. The summed E-state index contributed by atoms with van der Waals surface area (Å²) in [4.78, 5) is 19.1. The van der Waals surface area contributed by atoms with E-state index in [9.17, 15) is 9.90 Å². The molecule has 6 nitrogen and oxygen atoms in total. The second-order valence-corrected chi connectivity index (χ2v) is 4.13. The number of hydrogen-bond acceptors (Lipinski definition) is 6. The van der Waals surface area contributed by atoms with Crippen LogP contribution in [0.25, 0.3) is 0 Å². The van der Waals surface area contributed by atoms with Gasteiger partial charge >= 0.3 is 5.97 Å². The number of aliphatic hydroxyl groups excluding tert-OH is 1. The van der Waals surface area contributed by atoms with Crippen LogP contribution in [-0.4, -0.2) is 60.5 Å². The number of hydrogen-bond donors (Lipinski definition) is 1. The summed E-state index contributed by atoms with van der Waals surface area (Å²) in [6.07, 6.45) is 2.35. The SMILES string of the molecule is COC(=O)C(O)N1CCN(c2ccncc2)CC1. The second kappa shape index (κ2) is 5.79. The molecule has 1 aromatic rings. The van der Waals surface area contributed by atoms with Crippen molar-refractivity contribution < 1.29 is 14.6 Å². The van der Waals surface area contributed by atoms with Crippen LogP contribution in [0.2, 0.25) is 0 Å². The van der Waals surface area contributed by atoms with Crippen molar-refractivity contribution in [1.82, 2.24) is 9.88 Å². The maximum absolute atomic E-state index is 11.2. The minimum Gasteiger partial charge on any atom is -0.466 e. The molecular formula is C12H17N3O3. The van der Waals surface area contributed by atoms with Crippen LogP contribution in [-0.2, 0) is 9.53 Å². The fourth-order valence-electron chi connectivity index (χ4n) is 2.03. The molecule has 1 atom stereocenters. The molecule has 18 heavy (non-hydrogen) atoms. The molecule has 0 radical (unpaired) electrons. The predicted molar refractivity (Wildman–Crippen MR) is 66.0 cm³/mol. The second-order valence-electron chi connectivity index (χ2n) is 4.13. The molecule has 1 unspecified atom stereocenters. The normalized spacial score (nSPS) is 18.4. The van der Waals surface area contributed by atoms with Crippen LogP contribution in [0, 0.1) is 0 Å². The maximum Gasteiger partial charge on any atom is 0.350 e. The first kappa shape index (κ1) is 12.8. The van der Waals surface area contributed by atoms with Crippen LogP contribution in [0.1, 0.15) is 0 Å². The van der Waals surface area contributed by atoms with Gasteiger partial charge in [-0.1, -0.05) is 0 Å². The van der Waals surface area contributed by atoms with Gasteiger partial charge in [0.1, 0.15) is 0 Å². The highest BCUT2D eigenvalue weighted by atomic mass is 16.5. The molecule has 98 valence electrons. The van der Waals surface area contributed by atoms with Crippen molar-refractivity contribution in [3.8, 4) is 0 Å². The van der Waals surface area contributed by atoms with E-state index in [0.717, 1.165) is 18.8 Å². The lowest BCUT2D eigenvalue weighted by atomic mass is 10.2. The summed E-state index contributed by atoms with van der Waals surface area (Å²) in [5, 5.41) is 9.72. The smallest absolute Gasteiger partial charge is 0.350 e. The molecule has 1 aliphatic heterocycles. The minimum absolute atomic E-state index is 0.604. The summed E-state index contributed by atoms with van der Waals surface area (Å²) < 4.78 is 4.52. The third kappa shape index (κ3) is 2.77. The maximum atomic E-state index is 11.2. The van der Waals surface area contributed by atoms with Gasteiger partial charge in [0.15, 0.2) is 0 Å². The van der Waals surface area contributed by atoms with Gasteiger partial charge in [0.2, 0.25) is 6.23 Å². The van der Waals surface area contributed by atoms with E-state index in [1.807, 2.05) is 12.1 Å². The molecule has 0 aromatic carbocycles. The van der Waals surface area contributed by atoms with E-state index < -0.39 is 12.2 Å². The zero-order chi connectivity index (χ0) is 13.0. The Kier molecular flexibility index (Phi) is 4.11. The highest BCUT2D eigenvalue weighted by molar-refractivity contribution is 5.73. The molecule has 0 aliphatic carbocycles. The number of methoxy groups -OCH3 is 1. The summed E-state index contributed by atoms with van der Waals surface area (Å²) in [6, 6.07) is 3.90. The Morgan fingerprint density at radius 1 is 1.33 bits per heavy atom. The molecular weight excluding hydrogens is 234 g/mol. The monoisotopic (exact) mass is 251 g/mol. The van der Waals surface area contributed by atoms with Gasteiger partial charge in [0.25, 0.3) is 0 Å². The topological polar surface area (TPSA) is 65.9 Å². The summed E-state index contributed by atoms with van der Waals surface area (Å²) in [7, 11) is 1.28. The number of carbonyl (C=O) groups excluding carboxylic acids is 1. The van der Waals surface area contributed by atoms with Gasteiger partial charge in [-0.05, 0) is 12.1 Å². The number of piperazine rings is 1. The van der Waals surface area contributed by atoms with Crippen molar-refractivity contribution in [2.45, 2.75) is 6.23 Å². The van der Waals surface area contributed by atoms with Crippen molar-refractivity contribution in [1.29, 1.82) is 0 Å².